The van der Waals surface area contributed by atoms with E-state index in [2.05, 4.69) is 15.4 Å². The molecule has 1 aliphatic rings. The number of ketones is 1. The molecule has 1 aliphatic heterocycles. The molecule has 1 aromatic rings. The smallest absolute Gasteiger partial charge is 0.452 e. The van der Waals surface area contributed by atoms with Gasteiger partial charge in [-0.25, -0.2) is 0 Å². The number of halogens is 3. The molecule has 0 radical (unpaired) electrons. The summed E-state index contributed by atoms with van der Waals surface area (Å²) in [5.74, 6) is -5.51. The first kappa shape index (κ1) is 29.8. The van der Waals surface area contributed by atoms with Crippen molar-refractivity contribution in [3.05, 3.63) is 35.9 Å². The number of carbonyl (C=O) groups excluding carboxylic acids is 5. The van der Waals surface area contributed by atoms with Crippen LogP contribution >= 0.6 is 0 Å². The number of benzene rings is 1. The van der Waals surface area contributed by atoms with Crippen LogP contribution in [0.2, 0.25) is 0 Å². The van der Waals surface area contributed by atoms with Crippen molar-refractivity contribution in [1.82, 2.24) is 15.5 Å². The first-order valence-electron chi connectivity index (χ1n) is 12.0. The minimum absolute atomic E-state index is 0.0929. The van der Waals surface area contributed by atoms with Crippen molar-refractivity contribution in [3.63, 3.8) is 0 Å². The number of esters is 1. The van der Waals surface area contributed by atoms with Gasteiger partial charge < -0.3 is 20.3 Å². The maximum Gasteiger partial charge on any atom is 0.452 e. The molecule has 0 spiro atoms. The predicted octanol–water partition coefficient (Wildman–Crippen LogP) is 1.93. The average Bonchev–Trinajstić information content (AvgIpc) is 3.34. The lowest BCUT2D eigenvalue weighted by atomic mass is 9.98. The molecular formula is C25H32F3N3O6. The van der Waals surface area contributed by atoms with Crippen LogP contribution in [0.1, 0.15) is 45.1 Å². The second kappa shape index (κ2) is 13.2. The van der Waals surface area contributed by atoms with Gasteiger partial charge in [-0.15, -0.1) is 0 Å². The van der Waals surface area contributed by atoms with Crippen LogP contribution in [0.25, 0.3) is 0 Å². The summed E-state index contributed by atoms with van der Waals surface area (Å²) in [5, 5.41) is 4.78. The lowest BCUT2D eigenvalue weighted by Gasteiger charge is -2.30. The Kier molecular flexibility index (Phi) is 10.6. The highest BCUT2D eigenvalue weighted by Gasteiger charge is 2.46. The van der Waals surface area contributed by atoms with Gasteiger partial charge in [0.15, 0.2) is 0 Å². The van der Waals surface area contributed by atoms with Gasteiger partial charge in [0, 0.05) is 19.4 Å². The SMILES string of the molecule is COC(=O)CCC(=O)N[C@H](Cc1ccccc1)C(=O)N1CCC[C@H]1C(=O)N[C@H](C(=O)C(F)(F)F)C(C)C. The minimum Gasteiger partial charge on any atom is -0.469 e. The molecule has 1 saturated heterocycles. The van der Waals surface area contributed by atoms with Gasteiger partial charge in [0.05, 0.1) is 19.6 Å². The molecule has 9 nitrogen and oxygen atoms in total. The number of ether oxygens (including phenoxy) is 1. The number of hydrogen-bond donors (Lipinski definition) is 2. The Morgan fingerprint density at radius 2 is 1.70 bits per heavy atom. The van der Waals surface area contributed by atoms with Crippen LogP contribution in [0.15, 0.2) is 30.3 Å². The number of methoxy groups -OCH3 is 1. The molecule has 12 heteroatoms. The van der Waals surface area contributed by atoms with Crippen LogP contribution < -0.4 is 10.6 Å². The highest BCUT2D eigenvalue weighted by molar-refractivity contribution is 5.96. The topological polar surface area (TPSA) is 122 Å². The number of nitrogens with zero attached hydrogens (tertiary/aromatic N) is 1. The Balaban J connectivity index is 2.20. The first-order valence-corrected chi connectivity index (χ1v) is 12.0. The number of likely N-dealkylation sites (tertiary alicyclic amines) is 1. The lowest BCUT2D eigenvalue weighted by molar-refractivity contribution is -0.175. The Bertz CT molecular complexity index is 984. The van der Waals surface area contributed by atoms with E-state index in [-0.39, 0.29) is 32.2 Å². The lowest BCUT2D eigenvalue weighted by Crippen LogP contribution is -2.57. The third-order valence-electron chi connectivity index (χ3n) is 6.06. The summed E-state index contributed by atoms with van der Waals surface area (Å²) in [4.78, 5) is 63.4. The standard InChI is InChI=1S/C25H32F3N3O6/c1-15(2)21(22(34)25(26,27)28)30-23(35)18-10-7-13-31(18)24(36)17(14-16-8-5-4-6-9-16)29-19(32)11-12-20(33)37-3/h4-6,8-9,15,17-18,21H,7,10-14H2,1-3H3,(H,29,32)(H,30,35)/t17-,18+,21+/m1/s1. The zero-order chi connectivity index (χ0) is 27.8. The van der Waals surface area contributed by atoms with Crippen LogP contribution in [0, 0.1) is 5.92 Å². The van der Waals surface area contributed by atoms with Gasteiger partial charge in [-0.3, -0.25) is 24.0 Å². The molecule has 0 unspecified atom stereocenters. The molecule has 2 rings (SSSR count). The van der Waals surface area contributed by atoms with Crippen molar-refractivity contribution in [2.24, 2.45) is 5.92 Å². The van der Waals surface area contributed by atoms with Gasteiger partial charge in [-0.2, -0.15) is 13.2 Å². The van der Waals surface area contributed by atoms with E-state index < -0.39 is 59.7 Å². The third kappa shape index (κ3) is 8.57. The molecule has 1 fully saturated rings. The van der Waals surface area contributed by atoms with Crippen molar-refractivity contribution in [2.45, 2.75) is 70.3 Å². The largest absolute Gasteiger partial charge is 0.469 e. The van der Waals surface area contributed by atoms with E-state index in [1.807, 2.05) is 0 Å². The second-order valence-corrected chi connectivity index (χ2v) is 9.17. The average molecular weight is 528 g/mol. The van der Waals surface area contributed by atoms with Crippen LogP contribution in [-0.2, 0) is 35.1 Å². The summed E-state index contributed by atoms with van der Waals surface area (Å²) >= 11 is 0. The molecule has 0 aromatic heterocycles. The molecule has 0 aliphatic carbocycles. The van der Waals surface area contributed by atoms with Gasteiger partial charge in [-0.1, -0.05) is 44.2 Å². The van der Waals surface area contributed by atoms with Crippen molar-refractivity contribution in [1.29, 1.82) is 0 Å². The van der Waals surface area contributed by atoms with Gasteiger partial charge in [0.25, 0.3) is 5.78 Å². The first-order chi connectivity index (χ1) is 17.3. The van der Waals surface area contributed by atoms with Gasteiger partial charge >= 0.3 is 12.1 Å². The molecule has 37 heavy (non-hydrogen) atoms. The van der Waals surface area contributed by atoms with Crippen LogP contribution in [0.4, 0.5) is 13.2 Å². The second-order valence-electron chi connectivity index (χ2n) is 9.17. The monoisotopic (exact) mass is 527 g/mol. The van der Waals surface area contributed by atoms with Gasteiger partial charge in [0.2, 0.25) is 17.7 Å². The summed E-state index contributed by atoms with van der Waals surface area (Å²) in [7, 11) is 1.19. The van der Waals surface area contributed by atoms with E-state index in [0.717, 1.165) is 5.56 Å². The van der Waals surface area contributed by atoms with Crippen LogP contribution in [0.5, 0.6) is 0 Å². The Hall–Kier alpha value is -3.44. The number of amides is 3. The predicted molar refractivity (Wildman–Crippen MR) is 126 cm³/mol. The molecule has 3 atom stereocenters. The minimum atomic E-state index is -5.12. The Morgan fingerprint density at radius 1 is 1.05 bits per heavy atom. The van der Waals surface area contributed by atoms with Crippen molar-refractivity contribution in [2.75, 3.05) is 13.7 Å². The van der Waals surface area contributed by atoms with Crippen molar-refractivity contribution < 1.29 is 41.9 Å². The number of Topliss-reactive ketones (excluding diaryl/α,β-unsaturated/α-hetero) is 1. The summed E-state index contributed by atoms with van der Waals surface area (Å²) in [6, 6.07) is 4.83. The maximum absolute atomic E-state index is 13.5. The zero-order valence-corrected chi connectivity index (χ0v) is 21.0. The molecule has 0 saturated carbocycles. The summed E-state index contributed by atoms with van der Waals surface area (Å²) in [5.41, 5.74) is 0.727. The van der Waals surface area contributed by atoms with Crippen molar-refractivity contribution >= 4 is 29.5 Å². The molecular weight excluding hydrogens is 495 g/mol. The fourth-order valence-electron chi connectivity index (χ4n) is 4.10. The molecule has 2 N–H and O–H groups in total. The molecule has 1 aromatic carbocycles. The number of hydrogen-bond acceptors (Lipinski definition) is 6. The fourth-order valence-corrected chi connectivity index (χ4v) is 4.10. The van der Waals surface area contributed by atoms with E-state index in [0.29, 0.717) is 6.42 Å². The Labute approximate surface area is 213 Å². The molecule has 1 heterocycles. The summed E-state index contributed by atoms with van der Waals surface area (Å²) in [6.07, 6.45) is -4.83. The zero-order valence-electron chi connectivity index (χ0n) is 21.0. The third-order valence-corrected chi connectivity index (χ3v) is 6.06. The van der Waals surface area contributed by atoms with E-state index in [4.69, 9.17) is 0 Å². The summed E-state index contributed by atoms with van der Waals surface area (Å²) < 4.78 is 43.6. The number of alkyl halides is 3. The highest BCUT2D eigenvalue weighted by atomic mass is 19.4. The highest BCUT2D eigenvalue weighted by Crippen LogP contribution is 2.24. The normalized spacial score (nSPS) is 17.2. The number of rotatable bonds is 11. The van der Waals surface area contributed by atoms with Crippen LogP contribution in [-0.4, -0.2) is 72.3 Å². The summed E-state index contributed by atoms with van der Waals surface area (Å²) in [6.45, 7) is 2.91. The fraction of sp³-hybridized carbons (Fsp3) is 0.560. The maximum atomic E-state index is 13.5. The molecule has 0 bridgehead atoms. The number of carbonyl (C=O) groups is 5. The Morgan fingerprint density at radius 3 is 2.27 bits per heavy atom. The van der Waals surface area contributed by atoms with Crippen LogP contribution in [0.3, 0.4) is 0 Å². The van der Waals surface area contributed by atoms with E-state index in [9.17, 15) is 37.1 Å². The molecule has 204 valence electrons. The van der Waals surface area contributed by atoms with Crippen molar-refractivity contribution in [3.8, 4) is 0 Å². The molecule has 3 amide bonds. The van der Waals surface area contributed by atoms with Gasteiger partial charge in [-0.05, 0) is 24.3 Å². The van der Waals surface area contributed by atoms with Gasteiger partial charge in [0.1, 0.15) is 12.1 Å². The van der Waals surface area contributed by atoms with E-state index in [1.165, 1.54) is 25.9 Å². The van der Waals surface area contributed by atoms with E-state index in [1.54, 1.807) is 30.3 Å². The number of nitrogens with one attached hydrogen (secondary N) is 2. The quantitative estimate of drug-likeness (QED) is 0.424. The van der Waals surface area contributed by atoms with E-state index >= 15 is 0 Å².